The van der Waals surface area contributed by atoms with E-state index in [0.717, 1.165) is 22.8 Å². The van der Waals surface area contributed by atoms with Crippen LogP contribution in [0.5, 0.6) is 0 Å². The van der Waals surface area contributed by atoms with E-state index in [1.807, 2.05) is 0 Å². The van der Waals surface area contributed by atoms with Crippen molar-refractivity contribution in [1.29, 1.82) is 0 Å². The fourth-order valence-electron chi connectivity index (χ4n) is 3.22. The molecule has 0 bridgehead atoms. The number of halogens is 1. The van der Waals surface area contributed by atoms with Gasteiger partial charge in [-0.1, -0.05) is 24.3 Å². The maximum Gasteiger partial charge on any atom is 0.352 e. The van der Waals surface area contributed by atoms with E-state index in [1.54, 1.807) is 26.0 Å². The summed E-state index contributed by atoms with van der Waals surface area (Å²) in [6.45, 7) is 2.51. The summed E-state index contributed by atoms with van der Waals surface area (Å²) in [4.78, 5) is 43.9. The number of hydrogen-bond donors (Lipinski definition) is 2. The van der Waals surface area contributed by atoms with Gasteiger partial charge in [-0.2, -0.15) is 5.48 Å². The van der Waals surface area contributed by atoms with Gasteiger partial charge in [0, 0.05) is 23.1 Å². The Morgan fingerprint density at radius 2 is 1.88 bits per heavy atom. The van der Waals surface area contributed by atoms with Gasteiger partial charge in [0.05, 0.1) is 11.5 Å². The first-order valence-electron chi connectivity index (χ1n) is 10.3. The van der Waals surface area contributed by atoms with Crippen molar-refractivity contribution < 1.29 is 33.8 Å². The summed E-state index contributed by atoms with van der Waals surface area (Å²) < 4.78 is 13.3. The van der Waals surface area contributed by atoms with Crippen molar-refractivity contribution >= 4 is 11.7 Å². The van der Waals surface area contributed by atoms with E-state index < -0.39 is 40.4 Å². The monoisotopic (exact) mass is 480 g/mol. The Kier molecular flexibility index (Phi) is 9.94. The Morgan fingerprint density at radius 1 is 1.21 bits per heavy atom. The SMILES string of the molecule is CCON(C(ONCCc1ccc(C)cc1[N+](=O)[O-])C(=O)O)C(C[N+](=O)[O-])c1ccc(F)cc1. The lowest BCUT2D eigenvalue weighted by Gasteiger charge is -2.32. The van der Waals surface area contributed by atoms with E-state index in [0.29, 0.717) is 5.56 Å². The lowest BCUT2D eigenvalue weighted by atomic mass is 10.1. The summed E-state index contributed by atoms with van der Waals surface area (Å²) in [5.41, 5.74) is 3.75. The zero-order chi connectivity index (χ0) is 25.3. The van der Waals surface area contributed by atoms with Gasteiger partial charge < -0.3 is 5.11 Å². The van der Waals surface area contributed by atoms with Crippen molar-refractivity contribution in [3.05, 3.63) is 85.2 Å². The first kappa shape index (κ1) is 26.7. The Hall–Kier alpha value is -3.52. The standard InChI is InChI=1S/C21H25FN4O8/c1-3-33-25(19(13-24(29)30)15-6-8-17(22)9-7-15)20(21(27)28)34-23-11-10-16-5-4-14(2)12-18(16)26(31)32/h4-9,12,19-20,23H,3,10-11,13H2,1-2H3,(H,27,28). The molecule has 0 spiro atoms. The maximum absolute atomic E-state index is 13.3. The van der Waals surface area contributed by atoms with E-state index >= 15 is 0 Å². The van der Waals surface area contributed by atoms with E-state index in [4.69, 9.17) is 9.68 Å². The van der Waals surface area contributed by atoms with Crippen LogP contribution < -0.4 is 5.48 Å². The van der Waals surface area contributed by atoms with Gasteiger partial charge in [0.25, 0.3) is 11.9 Å². The molecule has 12 nitrogen and oxygen atoms in total. The molecule has 0 aliphatic rings. The van der Waals surface area contributed by atoms with Gasteiger partial charge in [-0.25, -0.2) is 9.18 Å². The molecule has 0 radical (unpaired) electrons. The van der Waals surface area contributed by atoms with Gasteiger partial charge in [0.15, 0.2) is 0 Å². The summed E-state index contributed by atoms with van der Waals surface area (Å²) in [6.07, 6.45) is -1.67. The molecule has 2 N–H and O–H groups in total. The van der Waals surface area contributed by atoms with Gasteiger partial charge in [0.1, 0.15) is 11.9 Å². The van der Waals surface area contributed by atoms with Crippen molar-refractivity contribution in [2.24, 2.45) is 0 Å². The number of hydroxylamine groups is 3. The molecular weight excluding hydrogens is 455 g/mol. The molecule has 184 valence electrons. The predicted octanol–water partition coefficient (Wildman–Crippen LogP) is 2.79. The van der Waals surface area contributed by atoms with Gasteiger partial charge in [-0.15, -0.1) is 5.06 Å². The van der Waals surface area contributed by atoms with Crippen LogP contribution in [-0.2, 0) is 20.9 Å². The Morgan fingerprint density at radius 3 is 2.44 bits per heavy atom. The van der Waals surface area contributed by atoms with Crippen LogP contribution in [0, 0.1) is 33.0 Å². The Balaban J connectivity index is 2.18. The number of rotatable bonds is 14. The summed E-state index contributed by atoms with van der Waals surface area (Å²) in [7, 11) is 0. The Labute approximate surface area is 194 Å². The van der Waals surface area contributed by atoms with E-state index in [-0.39, 0.29) is 30.8 Å². The molecular formula is C21H25FN4O8. The molecule has 0 fully saturated rings. The van der Waals surface area contributed by atoms with Gasteiger partial charge in [0.2, 0.25) is 6.54 Å². The smallest absolute Gasteiger partial charge is 0.352 e. The zero-order valence-electron chi connectivity index (χ0n) is 18.5. The normalized spacial score (nSPS) is 12.9. The lowest BCUT2D eigenvalue weighted by Crippen LogP contribution is -2.49. The van der Waals surface area contributed by atoms with Crippen LogP contribution in [0.1, 0.15) is 29.7 Å². The van der Waals surface area contributed by atoms with Crippen LogP contribution in [0.15, 0.2) is 42.5 Å². The summed E-state index contributed by atoms with van der Waals surface area (Å²) in [5.74, 6) is -2.07. The van der Waals surface area contributed by atoms with Gasteiger partial charge >= 0.3 is 5.97 Å². The molecule has 13 heteroatoms. The van der Waals surface area contributed by atoms with Crippen molar-refractivity contribution in [1.82, 2.24) is 10.5 Å². The van der Waals surface area contributed by atoms with Gasteiger partial charge in [-0.05, 0) is 43.5 Å². The van der Waals surface area contributed by atoms with Crippen molar-refractivity contribution in [3.63, 3.8) is 0 Å². The van der Waals surface area contributed by atoms with Crippen molar-refractivity contribution in [2.45, 2.75) is 32.5 Å². The highest BCUT2D eigenvalue weighted by Gasteiger charge is 2.37. The van der Waals surface area contributed by atoms with Crippen LogP contribution in [0.25, 0.3) is 0 Å². The summed E-state index contributed by atoms with van der Waals surface area (Å²) in [6, 6.07) is 8.29. The molecule has 2 aromatic carbocycles. The number of benzene rings is 2. The number of nitro groups is 2. The predicted molar refractivity (Wildman–Crippen MR) is 117 cm³/mol. The van der Waals surface area contributed by atoms with Crippen molar-refractivity contribution in [3.8, 4) is 0 Å². The number of aliphatic carboxylic acids is 1. The molecule has 2 unspecified atom stereocenters. The topological polar surface area (TPSA) is 157 Å². The number of nitrogens with zero attached hydrogens (tertiary/aromatic N) is 3. The second kappa shape index (κ2) is 12.6. The van der Waals surface area contributed by atoms with Gasteiger partial charge in [-0.3, -0.25) is 29.9 Å². The quantitative estimate of drug-likeness (QED) is 0.178. The third-order valence-corrected chi connectivity index (χ3v) is 4.73. The molecule has 0 saturated carbocycles. The van der Waals surface area contributed by atoms with Crippen LogP contribution in [0.2, 0.25) is 0 Å². The minimum absolute atomic E-state index is 0.00406. The fraction of sp³-hybridized carbons (Fsp3) is 0.381. The molecule has 2 rings (SSSR count). The molecule has 0 amide bonds. The lowest BCUT2D eigenvalue weighted by molar-refractivity contribution is -0.496. The molecule has 0 aromatic heterocycles. The number of nitrogens with one attached hydrogen (secondary N) is 1. The largest absolute Gasteiger partial charge is 0.478 e. The minimum atomic E-state index is -1.82. The van der Waals surface area contributed by atoms with Crippen LogP contribution >= 0.6 is 0 Å². The number of nitro benzene ring substituents is 1. The number of carbonyl (C=O) groups is 1. The number of carboxylic acid groups (broad SMARTS) is 1. The molecule has 2 aromatic rings. The van der Waals surface area contributed by atoms with Crippen LogP contribution in [-0.4, -0.2) is 51.9 Å². The molecule has 34 heavy (non-hydrogen) atoms. The molecule has 0 aliphatic heterocycles. The molecule has 0 heterocycles. The average Bonchev–Trinajstić information content (AvgIpc) is 2.77. The average molecular weight is 480 g/mol. The number of carboxylic acids is 1. The highest BCUT2D eigenvalue weighted by atomic mass is 19.1. The van der Waals surface area contributed by atoms with Crippen LogP contribution in [0.4, 0.5) is 10.1 Å². The summed E-state index contributed by atoms with van der Waals surface area (Å²) >= 11 is 0. The maximum atomic E-state index is 13.3. The minimum Gasteiger partial charge on any atom is -0.478 e. The summed E-state index contributed by atoms with van der Waals surface area (Å²) in [5, 5.41) is 33.0. The molecule has 2 atom stereocenters. The van der Waals surface area contributed by atoms with Crippen LogP contribution in [0.3, 0.4) is 0 Å². The Bertz CT molecular complexity index is 1000. The first-order chi connectivity index (χ1) is 16.1. The third-order valence-electron chi connectivity index (χ3n) is 4.73. The number of hydrogen-bond acceptors (Lipinski definition) is 9. The van der Waals surface area contributed by atoms with Crippen molar-refractivity contribution in [2.75, 3.05) is 19.7 Å². The highest BCUT2D eigenvalue weighted by Crippen LogP contribution is 2.25. The zero-order valence-corrected chi connectivity index (χ0v) is 18.5. The fourth-order valence-corrected chi connectivity index (χ4v) is 3.22. The first-order valence-corrected chi connectivity index (χ1v) is 10.3. The van der Waals surface area contributed by atoms with E-state index in [1.165, 1.54) is 18.2 Å². The highest BCUT2D eigenvalue weighted by molar-refractivity contribution is 5.71. The molecule has 0 saturated heterocycles. The second-order valence-electron chi connectivity index (χ2n) is 7.20. The van der Waals surface area contributed by atoms with E-state index in [9.17, 15) is 34.5 Å². The molecule has 0 aliphatic carbocycles. The van der Waals surface area contributed by atoms with E-state index in [2.05, 4.69) is 5.48 Å². The second-order valence-corrected chi connectivity index (χ2v) is 7.20. The third kappa shape index (κ3) is 7.52. The number of aryl methyl sites for hydroxylation is 1.